The van der Waals surface area contributed by atoms with Crippen LogP contribution in [0.2, 0.25) is 0 Å². The minimum absolute atomic E-state index is 0.0244. The van der Waals surface area contributed by atoms with Gasteiger partial charge in [-0.1, -0.05) is 6.07 Å². The third-order valence-electron chi connectivity index (χ3n) is 4.29. The van der Waals surface area contributed by atoms with E-state index in [4.69, 9.17) is 4.74 Å². The first-order valence-electron chi connectivity index (χ1n) is 8.08. The van der Waals surface area contributed by atoms with Gasteiger partial charge in [-0.2, -0.15) is 4.31 Å². The van der Waals surface area contributed by atoms with Gasteiger partial charge in [0.2, 0.25) is 10.0 Å². The van der Waals surface area contributed by atoms with Crippen molar-refractivity contribution in [2.24, 2.45) is 0 Å². The molecule has 0 bridgehead atoms. The van der Waals surface area contributed by atoms with Gasteiger partial charge in [-0.15, -0.1) is 0 Å². The highest BCUT2D eigenvalue weighted by Gasteiger charge is 2.39. The zero-order valence-electron chi connectivity index (χ0n) is 15.1. The van der Waals surface area contributed by atoms with E-state index in [0.717, 1.165) is 5.56 Å². The van der Waals surface area contributed by atoms with Crippen LogP contribution in [0.3, 0.4) is 0 Å². The van der Waals surface area contributed by atoms with Crippen LogP contribution < -0.4 is 4.74 Å². The third kappa shape index (κ3) is 4.72. The van der Waals surface area contributed by atoms with E-state index in [1.54, 1.807) is 18.2 Å². The predicted octanol–water partition coefficient (Wildman–Crippen LogP) is 0.743. The Morgan fingerprint density at radius 3 is 2.44 bits per heavy atom. The van der Waals surface area contributed by atoms with Gasteiger partial charge in [-0.25, -0.2) is 16.8 Å². The Labute approximate surface area is 150 Å². The van der Waals surface area contributed by atoms with Crippen molar-refractivity contribution >= 4 is 19.9 Å². The van der Waals surface area contributed by atoms with Gasteiger partial charge in [0.15, 0.2) is 9.84 Å². The van der Waals surface area contributed by atoms with Gasteiger partial charge in [0.05, 0.1) is 18.6 Å². The van der Waals surface area contributed by atoms with E-state index in [9.17, 15) is 16.8 Å². The van der Waals surface area contributed by atoms with Crippen LogP contribution in [0.25, 0.3) is 0 Å². The summed E-state index contributed by atoms with van der Waals surface area (Å²) in [4.78, 5) is 1.96. The number of benzene rings is 1. The van der Waals surface area contributed by atoms with E-state index in [1.807, 2.05) is 25.9 Å². The van der Waals surface area contributed by atoms with Crippen molar-refractivity contribution in [1.29, 1.82) is 0 Å². The van der Waals surface area contributed by atoms with E-state index in [0.29, 0.717) is 13.0 Å². The van der Waals surface area contributed by atoms with Crippen LogP contribution in [-0.4, -0.2) is 77.9 Å². The molecule has 0 amide bonds. The number of methoxy groups -OCH3 is 1. The summed E-state index contributed by atoms with van der Waals surface area (Å²) in [6.07, 6.45) is 0.323. The van der Waals surface area contributed by atoms with Gasteiger partial charge < -0.3 is 9.64 Å². The quantitative estimate of drug-likeness (QED) is 0.683. The second kappa shape index (κ2) is 7.61. The molecule has 1 aliphatic rings. The Kier molecular flexibility index (Phi) is 6.13. The molecule has 1 aromatic carbocycles. The lowest BCUT2D eigenvalue weighted by molar-refractivity contribution is 0.292. The Bertz CT molecular complexity index is 819. The monoisotopic (exact) mass is 390 g/mol. The number of rotatable bonds is 7. The van der Waals surface area contributed by atoms with Gasteiger partial charge in [-0.05, 0) is 45.1 Å². The minimum Gasteiger partial charge on any atom is -0.495 e. The maximum Gasteiger partial charge on any atom is 0.247 e. The molecule has 1 heterocycles. The summed E-state index contributed by atoms with van der Waals surface area (Å²) in [6, 6.07) is 4.43. The highest BCUT2D eigenvalue weighted by molar-refractivity contribution is 7.92. The molecule has 142 valence electrons. The zero-order valence-corrected chi connectivity index (χ0v) is 16.7. The van der Waals surface area contributed by atoms with Crippen molar-refractivity contribution in [2.45, 2.75) is 24.3 Å². The number of sulfone groups is 1. The number of aryl methyl sites for hydroxylation is 1. The summed E-state index contributed by atoms with van der Waals surface area (Å²) in [6.45, 7) is 2.54. The predicted molar refractivity (Wildman–Crippen MR) is 97.2 cm³/mol. The van der Waals surface area contributed by atoms with Crippen LogP contribution in [0.1, 0.15) is 12.0 Å². The molecular formula is C16H26N2O5S2. The molecule has 0 N–H and O–H groups in total. The smallest absolute Gasteiger partial charge is 0.247 e. The lowest BCUT2D eigenvalue weighted by atomic mass is 10.2. The standard InChI is InChI=1S/C16H26N2O5S2/c1-13-5-6-15(23-4)16(11-13)25(21,22)18(9-8-17(2)3)14-7-10-24(19,20)12-14/h5-6,11,14H,7-10,12H2,1-4H3/t14-/m0/s1. The number of nitrogens with zero attached hydrogens (tertiary/aromatic N) is 2. The molecule has 1 aliphatic heterocycles. The summed E-state index contributed by atoms with van der Waals surface area (Å²) in [5, 5.41) is 0. The Hall–Kier alpha value is -1.16. The summed E-state index contributed by atoms with van der Waals surface area (Å²) in [7, 11) is -1.95. The SMILES string of the molecule is COc1ccc(C)cc1S(=O)(=O)N(CCN(C)C)[C@H]1CCS(=O)(=O)C1. The largest absolute Gasteiger partial charge is 0.495 e. The molecule has 1 aromatic rings. The average molecular weight is 391 g/mol. The number of likely N-dealkylation sites (N-methyl/N-ethyl adjacent to an activating group) is 1. The fourth-order valence-electron chi connectivity index (χ4n) is 2.91. The van der Waals surface area contributed by atoms with Gasteiger partial charge in [0, 0.05) is 19.1 Å². The number of hydrogen-bond acceptors (Lipinski definition) is 6. The van der Waals surface area contributed by atoms with E-state index in [-0.39, 0.29) is 28.7 Å². The highest BCUT2D eigenvalue weighted by Crippen LogP contribution is 2.31. The van der Waals surface area contributed by atoms with Crippen molar-refractivity contribution in [3.8, 4) is 5.75 Å². The van der Waals surface area contributed by atoms with E-state index >= 15 is 0 Å². The molecule has 0 spiro atoms. The molecule has 1 fully saturated rings. The summed E-state index contributed by atoms with van der Waals surface area (Å²) in [5.41, 5.74) is 0.797. The maximum atomic E-state index is 13.3. The molecule has 0 unspecified atom stereocenters. The van der Waals surface area contributed by atoms with Crippen molar-refractivity contribution in [3.05, 3.63) is 23.8 Å². The third-order valence-corrected chi connectivity index (χ3v) is 8.01. The van der Waals surface area contributed by atoms with Crippen LogP contribution in [0.4, 0.5) is 0 Å². The second-order valence-electron chi connectivity index (χ2n) is 6.63. The van der Waals surface area contributed by atoms with Crippen molar-refractivity contribution < 1.29 is 21.6 Å². The molecule has 0 aromatic heterocycles. The normalized spacial score (nSPS) is 20.3. The summed E-state index contributed by atoms with van der Waals surface area (Å²) >= 11 is 0. The molecule has 0 saturated carbocycles. The van der Waals surface area contributed by atoms with E-state index in [2.05, 4.69) is 0 Å². The Morgan fingerprint density at radius 2 is 1.92 bits per heavy atom. The molecular weight excluding hydrogens is 364 g/mol. The first kappa shape index (κ1) is 20.2. The number of hydrogen-bond donors (Lipinski definition) is 0. The Balaban J connectivity index is 2.46. The van der Waals surface area contributed by atoms with Crippen LogP contribution in [0.5, 0.6) is 5.75 Å². The molecule has 1 saturated heterocycles. The summed E-state index contributed by atoms with van der Waals surface area (Å²) in [5.74, 6) is 0.158. The van der Waals surface area contributed by atoms with Crippen LogP contribution in [-0.2, 0) is 19.9 Å². The van der Waals surface area contributed by atoms with Gasteiger partial charge >= 0.3 is 0 Å². The van der Waals surface area contributed by atoms with E-state index < -0.39 is 25.9 Å². The van der Waals surface area contributed by atoms with Crippen molar-refractivity contribution in [3.63, 3.8) is 0 Å². The summed E-state index contributed by atoms with van der Waals surface area (Å²) < 4.78 is 56.9. The lowest BCUT2D eigenvalue weighted by Crippen LogP contribution is -2.44. The topological polar surface area (TPSA) is 84.0 Å². The molecule has 0 radical (unpaired) electrons. The second-order valence-corrected chi connectivity index (χ2v) is 10.7. The molecule has 2 rings (SSSR count). The molecule has 9 heteroatoms. The minimum atomic E-state index is -3.88. The van der Waals surface area contributed by atoms with Gasteiger partial charge in [0.1, 0.15) is 10.6 Å². The molecule has 1 atom stereocenters. The molecule has 25 heavy (non-hydrogen) atoms. The lowest BCUT2D eigenvalue weighted by Gasteiger charge is -2.29. The Morgan fingerprint density at radius 1 is 1.24 bits per heavy atom. The molecule has 0 aliphatic carbocycles. The number of sulfonamides is 1. The first-order valence-corrected chi connectivity index (χ1v) is 11.3. The number of ether oxygens (including phenoxy) is 1. The zero-order chi connectivity index (χ0) is 18.8. The van der Waals surface area contributed by atoms with Crippen molar-refractivity contribution in [1.82, 2.24) is 9.21 Å². The van der Waals surface area contributed by atoms with Crippen LogP contribution >= 0.6 is 0 Å². The average Bonchev–Trinajstić information content (AvgIpc) is 2.86. The fraction of sp³-hybridized carbons (Fsp3) is 0.625. The van der Waals surface area contributed by atoms with Gasteiger partial charge in [0.25, 0.3) is 0 Å². The maximum absolute atomic E-state index is 13.3. The fourth-order valence-corrected chi connectivity index (χ4v) is 6.62. The van der Waals surface area contributed by atoms with Crippen LogP contribution in [0.15, 0.2) is 23.1 Å². The van der Waals surface area contributed by atoms with Crippen molar-refractivity contribution in [2.75, 3.05) is 45.8 Å². The van der Waals surface area contributed by atoms with Gasteiger partial charge in [-0.3, -0.25) is 0 Å². The molecule has 7 nitrogen and oxygen atoms in total. The first-order chi connectivity index (χ1) is 11.6. The highest BCUT2D eigenvalue weighted by atomic mass is 32.2. The van der Waals surface area contributed by atoms with E-state index in [1.165, 1.54) is 11.4 Å². The van der Waals surface area contributed by atoms with Crippen LogP contribution in [0, 0.1) is 6.92 Å².